The Bertz CT molecular complexity index is 588. The van der Waals surface area contributed by atoms with E-state index in [2.05, 4.69) is 26.2 Å². The van der Waals surface area contributed by atoms with Crippen LogP contribution >= 0.6 is 15.9 Å². The molecule has 0 radical (unpaired) electrons. The number of carbonyl (C=O) groups excluding carboxylic acids is 1. The van der Waals surface area contributed by atoms with Gasteiger partial charge < -0.3 is 10.1 Å². The van der Waals surface area contributed by atoms with Gasteiger partial charge in [-0.3, -0.25) is 4.98 Å². The number of anilines is 1. The van der Waals surface area contributed by atoms with Crippen molar-refractivity contribution in [2.75, 3.05) is 11.9 Å². The zero-order valence-electron chi connectivity index (χ0n) is 11.1. The van der Waals surface area contributed by atoms with Crippen molar-refractivity contribution in [1.82, 2.24) is 4.98 Å². The molecule has 0 atom stereocenters. The summed E-state index contributed by atoms with van der Waals surface area (Å²) in [4.78, 5) is 15.9. The summed E-state index contributed by atoms with van der Waals surface area (Å²) >= 11 is 3.45. The second kappa shape index (κ2) is 7.05. The van der Waals surface area contributed by atoms with Crippen LogP contribution < -0.4 is 5.32 Å². The first-order valence-corrected chi connectivity index (χ1v) is 7.10. The fourth-order valence-electron chi connectivity index (χ4n) is 1.69. The average Bonchev–Trinajstić information content (AvgIpc) is 2.47. The molecule has 1 N–H and O–H groups in total. The minimum atomic E-state index is -0.315. The fraction of sp³-hybridized carbons (Fsp3) is 0.200. The summed E-state index contributed by atoms with van der Waals surface area (Å²) in [5, 5.41) is 3.27. The zero-order chi connectivity index (χ0) is 14.4. The number of rotatable bonds is 5. The highest BCUT2D eigenvalue weighted by Gasteiger charge is 2.09. The van der Waals surface area contributed by atoms with Gasteiger partial charge in [0.1, 0.15) is 0 Å². The predicted octanol–water partition coefficient (Wildman–Crippen LogP) is 3.63. The lowest BCUT2D eigenvalue weighted by molar-refractivity contribution is 0.0526. The molecule has 2 aromatic rings. The van der Waals surface area contributed by atoms with Crippen molar-refractivity contribution in [3.05, 3.63) is 58.3 Å². The van der Waals surface area contributed by atoms with Crippen molar-refractivity contribution in [1.29, 1.82) is 0 Å². The lowest BCUT2D eigenvalue weighted by Gasteiger charge is -2.09. The van der Waals surface area contributed by atoms with Crippen LogP contribution in [0.5, 0.6) is 0 Å². The summed E-state index contributed by atoms with van der Waals surface area (Å²) in [6.07, 6.45) is 1.76. The highest BCUT2D eigenvalue weighted by Crippen LogP contribution is 2.24. The SMILES string of the molecule is CCOC(=O)c1ccc(NCc2ccccn2)c(Br)c1. The first-order valence-electron chi connectivity index (χ1n) is 6.31. The number of esters is 1. The van der Waals surface area contributed by atoms with Gasteiger partial charge in [0, 0.05) is 16.4 Å². The van der Waals surface area contributed by atoms with E-state index in [9.17, 15) is 4.79 Å². The van der Waals surface area contributed by atoms with Gasteiger partial charge in [-0.2, -0.15) is 0 Å². The lowest BCUT2D eigenvalue weighted by atomic mass is 10.2. The van der Waals surface area contributed by atoms with Gasteiger partial charge in [-0.15, -0.1) is 0 Å². The van der Waals surface area contributed by atoms with Gasteiger partial charge in [0.25, 0.3) is 0 Å². The van der Waals surface area contributed by atoms with Crippen molar-refractivity contribution < 1.29 is 9.53 Å². The highest BCUT2D eigenvalue weighted by molar-refractivity contribution is 9.10. The molecule has 104 valence electrons. The van der Waals surface area contributed by atoms with Crippen LogP contribution in [0.15, 0.2) is 47.1 Å². The quantitative estimate of drug-likeness (QED) is 0.848. The average molecular weight is 335 g/mol. The third-order valence-corrected chi connectivity index (χ3v) is 3.32. The Labute approximate surface area is 126 Å². The summed E-state index contributed by atoms with van der Waals surface area (Å²) in [5.41, 5.74) is 2.39. The van der Waals surface area contributed by atoms with Gasteiger partial charge >= 0.3 is 5.97 Å². The van der Waals surface area contributed by atoms with E-state index in [1.807, 2.05) is 24.3 Å². The molecule has 2 rings (SSSR count). The maximum atomic E-state index is 11.6. The van der Waals surface area contributed by atoms with Crippen LogP contribution in [0.2, 0.25) is 0 Å². The Kier molecular flexibility index (Phi) is 5.12. The number of nitrogens with zero attached hydrogens (tertiary/aromatic N) is 1. The summed E-state index contributed by atoms with van der Waals surface area (Å²) in [5.74, 6) is -0.315. The molecule has 1 heterocycles. The lowest BCUT2D eigenvalue weighted by Crippen LogP contribution is -2.06. The van der Waals surface area contributed by atoms with Gasteiger partial charge in [0.2, 0.25) is 0 Å². The number of hydrogen-bond donors (Lipinski definition) is 1. The van der Waals surface area contributed by atoms with E-state index >= 15 is 0 Å². The van der Waals surface area contributed by atoms with E-state index in [4.69, 9.17) is 4.74 Å². The molecule has 0 aliphatic heterocycles. The van der Waals surface area contributed by atoms with Crippen LogP contribution in [0.25, 0.3) is 0 Å². The summed E-state index contributed by atoms with van der Waals surface area (Å²) in [7, 11) is 0. The number of halogens is 1. The van der Waals surface area contributed by atoms with Gasteiger partial charge in [0.15, 0.2) is 0 Å². The van der Waals surface area contributed by atoms with Crippen LogP contribution in [0.4, 0.5) is 5.69 Å². The third kappa shape index (κ3) is 3.81. The Morgan fingerprint density at radius 2 is 2.20 bits per heavy atom. The number of aromatic nitrogens is 1. The van der Waals surface area contributed by atoms with E-state index in [0.29, 0.717) is 18.7 Å². The molecule has 4 nitrogen and oxygen atoms in total. The predicted molar refractivity (Wildman–Crippen MR) is 81.7 cm³/mol. The Morgan fingerprint density at radius 3 is 2.85 bits per heavy atom. The van der Waals surface area contributed by atoms with E-state index in [-0.39, 0.29) is 5.97 Å². The van der Waals surface area contributed by atoms with Crippen LogP contribution in [-0.2, 0) is 11.3 Å². The van der Waals surface area contributed by atoms with Gasteiger partial charge in [-0.05, 0) is 53.2 Å². The number of pyridine rings is 1. The molecule has 1 aromatic carbocycles. The van der Waals surface area contributed by atoms with Crippen LogP contribution in [-0.4, -0.2) is 17.6 Å². The topological polar surface area (TPSA) is 51.2 Å². The van der Waals surface area contributed by atoms with E-state index in [1.165, 1.54) is 0 Å². The normalized spacial score (nSPS) is 10.1. The molecular formula is C15H15BrN2O2. The molecule has 0 aliphatic carbocycles. The second-order valence-corrected chi connectivity index (χ2v) is 4.94. The second-order valence-electron chi connectivity index (χ2n) is 4.09. The summed E-state index contributed by atoms with van der Waals surface area (Å²) in [6.45, 7) is 2.78. The van der Waals surface area contributed by atoms with Crippen molar-refractivity contribution in [2.24, 2.45) is 0 Å². The monoisotopic (exact) mass is 334 g/mol. The molecule has 0 amide bonds. The minimum absolute atomic E-state index is 0.315. The summed E-state index contributed by atoms with van der Waals surface area (Å²) in [6, 6.07) is 11.1. The molecule has 0 spiro atoms. The molecular weight excluding hydrogens is 320 g/mol. The maximum absolute atomic E-state index is 11.6. The van der Waals surface area contributed by atoms with Crippen LogP contribution in [0.1, 0.15) is 23.0 Å². The van der Waals surface area contributed by atoms with Gasteiger partial charge in [-0.25, -0.2) is 4.79 Å². The molecule has 0 bridgehead atoms. The molecule has 0 saturated carbocycles. The number of ether oxygens (including phenoxy) is 1. The van der Waals surface area contributed by atoms with Crippen molar-refractivity contribution >= 4 is 27.6 Å². The molecule has 0 unspecified atom stereocenters. The first kappa shape index (κ1) is 14.5. The molecule has 20 heavy (non-hydrogen) atoms. The van der Waals surface area contributed by atoms with Crippen molar-refractivity contribution in [3.63, 3.8) is 0 Å². The molecule has 5 heteroatoms. The Hall–Kier alpha value is -1.88. The smallest absolute Gasteiger partial charge is 0.338 e. The van der Waals surface area contributed by atoms with Crippen LogP contribution in [0, 0.1) is 0 Å². The number of hydrogen-bond acceptors (Lipinski definition) is 4. The number of nitrogens with one attached hydrogen (secondary N) is 1. The van der Waals surface area contributed by atoms with Crippen LogP contribution in [0.3, 0.4) is 0 Å². The van der Waals surface area contributed by atoms with E-state index in [0.717, 1.165) is 15.9 Å². The zero-order valence-corrected chi connectivity index (χ0v) is 12.7. The molecule has 1 aromatic heterocycles. The summed E-state index contributed by atoms with van der Waals surface area (Å²) < 4.78 is 5.78. The van der Waals surface area contributed by atoms with Gasteiger partial charge in [-0.1, -0.05) is 6.07 Å². The van der Waals surface area contributed by atoms with Crippen molar-refractivity contribution in [2.45, 2.75) is 13.5 Å². The van der Waals surface area contributed by atoms with E-state index in [1.54, 1.807) is 25.3 Å². The fourth-order valence-corrected chi connectivity index (χ4v) is 2.21. The van der Waals surface area contributed by atoms with Gasteiger partial charge in [0.05, 0.1) is 24.4 Å². The minimum Gasteiger partial charge on any atom is -0.462 e. The molecule has 0 saturated heterocycles. The molecule has 0 fully saturated rings. The number of carbonyl (C=O) groups is 1. The third-order valence-electron chi connectivity index (χ3n) is 2.67. The largest absolute Gasteiger partial charge is 0.462 e. The maximum Gasteiger partial charge on any atom is 0.338 e. The van der Waals surface area contributed by atoms with E-state index < -0.39 is 0 Å². The Balaban J connectivity index is 2.04. The number of benzene rings is 1. The highest BCUT2D eigenvalue weighted by atomic mass is 79.9. The standard InChI is InChI=1S/C15H15BrN2O2/c1-2-20-15(19)11-6-7-14(13(16)9-11)18-10-12-5-3-4-8-17-12/h3-9,18H,2,10H2,1H3. The molecule has 0 aliphatic rings. The van der Waals surface area contributed by atoms with Crippen molar-refractivity contribution in [3.8, 4) is 0 Å². The first-order chi connectivity index (χ1) is 9.70. The Morgan fingerprint density at radius 1 is 1.35 bits per heavy atom.